The van der Waals surface area contributed by atoms with Crippen LogP contribution in [-0.2, 0) is 9.47 Å². The Bertz CT molecular complexity index is 1400. The number of rotatable bonds is 4. The minimum absolute atomic E-state index is 0.116. The molecule has 5 heterocycles. The Morgan fingerprint density at radius 1 is 1.08 bits per heavy atom. The fraction of sp³-hybridized carbons (Fsp3) is 0.370. The highest BCUT2D eigenvalue weighted by atomic mass is 19.1. The first kappa shape index (κ1) is 22.9. The average molecular weight is 489 g/mol. The van der Waals surface area contributed by atoms with Gasteiger partial charge in [-0.2, -0.15) is 5.10 Å². The molecule has 0 spiro atoms. The van der Waals surface area contributed by atoms with Crippen LogP contribution in [0.25, 0.3) is 33.4 Å². The first-order valence-electron chi connectivity index (χ1n) is 12.5. The fourth-order valence-electron chi connectivity index (χ4n) is 5.18. The molecule has 0 amide bonds. The quantitative estimate of drug-likeness (QED) is 0.412. The topological polar surface area (TPSA) is 91.3 Å². The van der Waals surface area contributed by atoms with Crippen LogP contribution in [0.4, 0.5) is 15.9 Å². The number of pyridine rings is 2. The summed E-state index contributed by atoms with van der Waals surface area (Å²) in [6.07, 6.45) is 6.44. The average Bonchev–Trinajstić information content (AvgIpc) is 3.40. The van der Waals surface area contributed by atoms with E-state index in [2.05, 4.69) is 16.9 Å². The minimum atomic E-state index is -0.444. The van der Waals surface area contributed by atoms with E-state index in [4.69, 9.17) is 25.2 Å². The maximum absolute atomic E-state index is 14.5. The van der Waals surface area contributed by atoms with E-state index in [1.165, 1.54) is 6.07 Å². The summed E-state index contributed by atoms with van der Waals surface area (Å²) >= 11 is 0. The van der Waals surface area contributed by atoms with Crippen LogP contribution in [0.3, 0.4) is 0 Å². The monoisotopic (exact) mass is 488 g/mol. The molecule has 0 saturated carbocycles. The number of nitrogens with zero attached hydrogens (tertiary/aromatic N) is 5. The number of nitrogens with two attached hydrogens (primary N) is 1. The van der Waals surface area contributed by atoms with Crippen molar-refractivity contribution in [2.24, 2.45) is 0 Å². The van der Waals surface area contributed by atoms with Crippen molar-refractivity contribution in [3.05, 3.63) is 54.6 Å². The number of benzene rings is 1. The van der Waals surface area contributed by atoms with Crippen LogP contribution in [0.15, 0.2) is 48.8 Å². The summed E-state index contributed by atoms with van der Waals surface area (Å²) in [4.78, 5) is 12.1. The number of halogens is 1. The molecule has 2 aliphatic rings. The van der Waals surface area contributed by atoms with E-state index in [1.54, 1.807) is 18.5 Å². The summed E-state index contributed by atoms with van der Waals surface area (Å²) < 4.78 is 28.1. The second-order valence-electron chi connectivity index (χ2n) is 9.38. The number of fused-ring (bicyclic) bond motifs is 1. The van der Waals surface area contributed by atoms with Crippen molar-refractivity contribution in [1.82, 2.24) is 19.7 Å². The highest BCUT2D eigenvalue weighted by Crippen LogP contribution is 2.39. The lowest BCUT2D eigenvalue weighted by Gasteiger charge is -2.34. The predicted octanol–water partition coefficient (Wildman–Crippen LogP) is 4.81. The van der Waals surface area contributed by atoms with Gasteiger partial charge >= 0.3 is 0 Å². The molecule has 0 radical (unpaired) electrons. The largest absolute Gasteiger partial charge is 0.396 e. The van der Waals surface area contributed by atoms with Crippen molar-refractivity contribution < 1.29 is 13.9 Å². The molecule has 4 aromatic rings. The van der Waals surface area contributed by atoms with Gasteiger partial charge in [-0.25, -0.2) is 14.1 Å². The summed E-state index contributed by atoms with van der Waals surface area (Å²) in [6.45, 7) is 4.77. The Morgan fingerprint density at radius 2 is 2.00 bits per heavy atom. The number of ether oxygens (including phenoxy) is 2. The number of nitrogen functional groups attached to an aromatic ring is 1. The summed E-state index contributed by atoms with van der Waals surface area (Å²) in [5.74, 6) is 0.340. The van der Waals surface area contributed by atoms with Crippen molar-refractivity contribution in [3.8, 4) is 22.5 Å². The van der Waals surface area contributed by atoms with E-state index < -0.39 is 5.82 Å². The molecule has 186 valence electrons. The van der Waals surface area contributed by atoms with E-state index in [-0.39, 0.29) is 18.0 Å². The zero-order valence-electron chi connectivity index (χ0n) is 20.2. The third-order valence-electron chi connectivity index (χ3n) is 7.06. The molecule has 2 N–H and O–H groups in total. The van der Waals surface area contributed by atoms with Crippen LogP contribution in [0.1, 0.15) is 32.4 Å². The molecule has 36 heavy (non-hydrogen) atoms. The van der Waals surface area contributed by atoms with Gasteiger partial charge in [-0.1, -0.05) is 12.1 Å². The Morgan fingerprint density at radius 3 is 2.83 bits per heavy atom. The fourth-order valence-corrected chi connectivity index (χ4v) is 5.18. The molecule has 9 heteroatoms. The van der Waals surface area contributed by atoms with Crippen molar-refractivity contribution in [2.75, 3.05) is 37.0 Å². The summed E-state index contributed by atoms with van der Waals surface area (Å²) in [7, 11) is 0. The van der Waals surface area contributed by atoms with E-state index in [0.717, 1.165) is 41.7 Å². The molecule has 2 saturated heterocycles. The van der Waals surface area contributed by atoms with E-state index in [9.17, 15) is 4.39 Å². The van der Waals surface area contributed by atoms with Crippen molar-refractivity contribution in [3.63, 3.8) is 0 Å². The van der Waals surface area contributed by atoms with Crippen LogP contribution in [0.5, 0.6) is 0 Å². The van der Waals surface area contributed by atoms with Gasteiger partial charge in [0.25, 0.3) is 0 Å². The number of para-hydroxylation sites is 1. The maximum Gasteiger partial charge on any atom is 0.150 e. The van der Waals surface area contributed by atoms with Gasteiger partial charge in [-0.15, -0.1) is 0 Å². The first-order chi connectivity index (χ1) is 17.6. The summed E-state index contributed by atoms with van der Waals surface area (Å²) in [5.41, 5.74) is 10.1. The molecule has 2 fully saturated rings. The van der Waals surface area contributed by atoms with Crippen molar-refractivity contribution in [1.29, 1.82) is 0 Å². The lowest BCUT2D eigenvalue weighted by molar-refractivity contribution is -0.0383. The van der Waals surface area contributed by atoms with Crippen LogP contribution in [0, 0.1) is 5.82 Å². The Kier molecular flexibility index (Phi) is 6.02. The zero-order valence-corrected chi connectivity index (χ0v) is 20.2. The first-order valence-corrected chi connectivity index (χ1v) is 12.5. The van der Waals surface area contributed by atoms with Crippen LogP contribution in [-0.4, -0.2) is 52.2 Å². The Balaban J connectivity index is 1.59. The minimum Gasteiger partial charge on any atom is -0.396 e. The second kappa shape index (κ2) is 9.48. The van der Waals surface area contributed by atoms with Gasteiger partial charge in [0.1, 0.15) is 22.8 Å². The zero-order chi connectivity index (χ0) is 24.6. The summed E-state index contributed by atoms with van der Waals surface area (Å²) in [6, 6.07) is 10.9. The van der Waals surface area contributed by atoms with Gasteiger partial charge in [0.2, 0.25) is 0 Å². The van der Waals surface area contributed by atoms with E-state index in [0.29, 0.717) is 43.1 Å². The number of morpholine rings is 1. The SMILES string of the molecule is C[C@@H]1COCCN1c1cc(-c2cccc(F)c2N)c2ccnc(-c3ccnn3C3CCCCO3)c2n1. The van der Waals surface area contributed by atoms with Crippen LogP contribution < -0.4 is 10.6 Å². The molecule has 2 atom stereocenters. The van der Waals surface area contributed by atoms with Crippen molar-refractivity contribution >= 4 is 22.4 Å². The second-order valence-corrected chi connectivity index (χ2v) is 9.38. The standard InChI is InChI=1S/C27H29FN6O2/c1-17-16-35-14-12-33(17)23-15-20(18-5-4-6-21(28)25(18)29)19-8-10-30-27(26(19)32-23)22-9-11-31-34(22)24-7-2-3-13-36-24/h4-6,8-11,15,17,24H,2-3,7,12-14,16,29H2,1H3/t17-,24?/m1/s1. The predicted molar refractivity (Wildman–Crippen MR) is 137 cm³/mol. The van der Waals surface area contributed by atoms with Gasteiger partial charge in [-0.3, -0.25) is 4.98 Å². The molecule has 0 aliphatic carbocycles. The smallest absolute Gasteiger partial charge is 0.150 e. The van der Waals surface area contributed by atoms with Gasteiger partial charge in [0.05, 0.1) is 30.6 Å². The number of hydrogen-bond acceptors (Lipinski definition) is 7. The highest BCUT2D eigenvalue weighted by molar-refractivity contribution is 6.03. The van der Waals surface area contributed by atoms with Crippen LogP contribution >= 0.6 is 0 Å². The molecule has 0 bridgehead atoms. The third kappa shape index (κ3) is 3.98. The molecule has 3 aromatic heterocycles. The van der Waals surface area contributed by atoms with Gasteiger partial charge in [-0.05, 0) is 56.0 Å². The lowest BCUT2D eigenvalue weighted by atomic mass is 9.98. The normalized spacial score (nSPS) is 20.7. The van der Waals surface area contributed by atoms with E-state index in [1.807, 2.05) is 28.9 Å². The van der Waals surface area contributed by atoms with Crippen molar-refractivity contribution in [2.45, 2.75) is 38.5 Å². The molecule has 1 aromatic carbocycles. The number of aromatic nitrogens is 4. The molecule has 8 nitrogen and oxygen atoms in total. The van der Waals surface area contributed by atoms with Gasteiger partial charge in [0, 0.05) is 36.5 Å². The molecular formula is C27H29FN6O2. The van der Waals surface area contributed by atoms with Gasteiger partial charge < -0.3 is 20.1 Å². The van der Waals surface area contributed by atoms with Gasteiger partial charge in [0.15, 0.2) is 6.23 Å². The number of hydrogen-bond donors (Lipinski definition) is 1. The molecule has 2 aliphatic heterocycles. The van der Waals surface area contributed by atoms with E-state index >= 15 is 0 Å². The maximum atomic E-state index is 14.5. The van der Waals surface area contributed by atoms with Crippen LogP contribution in [0.2, 0.25) is 0 Å². The molecular weight excluding hydrogens is 459 g/mol. The molecule has 6 rings (SSSR count). The Hall–Kier alpha value is -3.56. The molecule has 1 unspecified atom stereocenters. The Labute approximate surface area is 208 Å². The highest BCUT2D eigenvalue weighted by Gasteiger charge is 2.26. The summed E-state index contributed by atoms with van der Waals surface area (Å²) in [5, 5.41) is 5.43. The lowest BCUT2D eigenvalue weighted by Crippen LogP contribution is -2.44. The number of anilines is 2. The third-order valence-corrected chi connectivity index (χ3v) is 7.06.